The van der Waals surface area contributed by atoms with Crippen molar-refractivity contribution in [3.63, 3.8) is 0 Å². The minimum absolute atomic E-state index is 0.351. The molecule has 0 radical (unpaired) electrons. The van der Waals surface area contributed by atoms with Crippen molar-refractivity contribution in [3.05, 3.63) is 27.8 Å². The summed E-state index contributed by atoms with van der Waals surface area (Å²) in [6, 6.07) is 8.01. The number of benzene rings is 1. The van der Waals surface area contributed by atoms with Gasteiger partial charge in [-0.05, 0) is 59.7 Å². The second-order valence-corrected chi connectivity index (χ2v) is 6.52. The molecule has 1 aromatic carbocycles. The number of nitrogens with one attached hydrogen (secondary N) is 1. The van der Waals surface area contributed by atoms with Gasteiger partial charge < -0.3 is 4.72 Å². The van der Waals surface area contributed by atoms with Crippen molar-refractivity contribution >= 4 is 39.3 Å². The maximum Gasteiger partial charge on any atom is 0.120 e. The Balaban J connectivity index is 1.96. The molecule has 1 aromatic rings. The van der Waals surface area contributed by atoms with E-state index >= 15 is 0 Å². The van der Waals surface area contributed by atoms with Crippen LogP contribution in [0.1, 0.15) is 25.7 Å². The SMILES string of the molecule is O=S(Nc1ccc(I)cc1)C1CCCC1. The Labute approximate surface area is 107 Å². The van der Waals surface area contributed by atoms with Crippen molar-refractivity contribution in [2.75, 3.05) is 4.72 Å². The summed E-state index contributed by atoms with van der Waals surface area (Å²) < 4.78 is 16.2. The van der Waals surface area contributed by atoms with Gasteiger partial charge in [-0.2, -0.15) is 0 Å². The molecule has 0 amide bonds. The van der Waals surface area contributed by atoms with Crippen LogP contribution < -0.4 is 4.72 Å². The van der Waals surface area contributed by atoms with Crippen LogP contribution in [0.2, 0.25) is 0 Å². The molecule has 15 heavy (non-hydrogen) atoms. The highest BCUT2D eigenvalue weighted by Gasteiger charge is 2.21. The number of hydrogen-bond acceptors (Lipinski definition) is 1. The molecular formula is C11H14INOS. The number of halogens is 1. The molecule has 1 aliphatic carbocycles. The fourth-order valence-corrected chi connectivity index (χ4v) is 3.48. The summed E-state index contributed by atoms with van der Waals surface area (Å²) in [7, 11) is -0.905. The Morgan fingerprint density at radius 1 is 1.20 bits per heavy atom. The molecule has 1 atom stereocenters. The van der Waals surface area contributed by atoms with Crippen molar-refractivity contribution in [1.29, 1.82) is 0 Å². The van der Waals surface area contributed by atoms with Crippen LogP contribution in [0.4, 0.5) is 5.69 Å². The van der Waals surface area contributed by atoms with E-state index in [0.29, 0.717) is 5.25 Å². The van der Waals surface area contributed by atoms with Crippen molar-refractivity contribution in [2.45, 2.75) is 30.9 Å². The van der Waals surface area contributed by atoms with Crippen LogP contribution in [0.25, 0.3) is 0 Å². The first kappa shape index (κ1) is 11.4. The van der Waals surface area contributed by atoms with E-state index in [1.54, 1.807) is 0 Å². The van der Waals surface area contributed by atoms with Gasteiger partial charge in [0.15, 0.2) is 0 Å². The van der Waals surface area contributed by atoms with Crippen LogP contribution in [-0.2, 0) is 11.0 Å². The number of anilines is 1. The molecule has 1 aliphatic rings. The van der Waals surface area contributed by atoms with Gasteiger partial charge in [0.1, 0.15) is 11.0 Å². The van der Waals surface area contributed by atoms with Crippen LogP contribution in [0.5, 0.6) is 0 Å². The smallest absolute Gasteiger partial charge is 0.120 e. The molecular weight excluding hydrogens is 321 g/mol. The zero-order valence-corrected chi connectivity index (χ0v) is 11.4. The summed E-state index contributed by atoms with van der Waals surface area (Å²) in [5.74, 6) is 0. The van der Waals surface area contributed by atoms with Crippen LogP contribution in [0, 0.1) is 3.57 Å². The van der Waals surface area contributed by atoms with Crippen LogP contribution in [0.15, 0.2) is 24.3 Å². The largest absolute Gasteiger partial charge is 0.305 e. The summed E-state index contributed by atoms with van der Waals surface area (Å²) in [5.41, 5.74) is 0.959. The van der Waals surface area contributed by atoms with E-state index in [1.807, 2.05) is 24.3 Å². The molecule has 0 spiro atoms. The van der Waals surface area contributed by atoms with Crippen LogP contribution in [-0.4, -0.2) is 9.46 Å². The Morgan fingerprint density at radius 3 is 2.40 bits per heavy atom. The Morgan fingerprint density at radius 2 is 1.80 bits per heavy atom. The lowest BCUT2D eigenvalue weighted by molar-refractivity contribution is 0.673. The van der Waals surface area contributed by atoms with E-state index in [-0.39, 0.29) is 0 Å². The highest BCUT2D eigenvalue weighted by Crippen LogP contribution is 2.24. The average molecular weight is 335 g/mol. The highest BCUT2D eigenvalue weighted by atomic mass is 127. The Hall–Kier alpha value is -0.100. The van der Waals surface area contributed by atoms with Crippen molar-refractivity contribution in [1.82, 2.24) is 0 Å². The van der Waals surface area contributed by atoms with E-state index in [1.165, 1.54) is 16.4 Å². The molecule has 0 saturated heterocycles. The van der Waals surface area contributed by atoms with Gasteiger partial charge in [-0.1, -0.05) is 12.8 Å². The topological polar surface area (TPSA) is 29.1 Å². The van der Waals surface area contributed by atoms with Gasteiger partial charge in [0, 0.05) is 9.26 Å². The monoisotopic (exact) mass is 335 g/mol. The minimum atomic E-state index is -0.905. The standard InChI is InChI=1S/C11H14INOS/c12-9-5-7-10(8-6-9)13-15(14)11-3-1-2-4-11/h5-8,11,13H,1-4H2. The molecule has 4 heteroatoms. The first-order valence-electron chi connectivity index (χ1n) is 5.18. The van der Waals surface area contributed by atoms with E-state index < -0.39 is 11.0 Å². The van der Waals surface area contributed by atoms with E-state index in [0.717, 1.165) is 18.5 Å². The third-order valence-corrected chi connectivity index (χ3v) is 4.90. The second kappa shape index (κ2) is 5.30. The lowest BCUT2D eigenvalue weighted by atomic mass is 10.3. The maximum absolute atomic E-state index is 11.9. The Bertz CT molecular complexity index is 346. The molecule has 2 rings (SSSR count). The molecule has 1 fully saturated rings. The minimum Gasteiger partial charge on any atom is -0.305 e. The zero-order chi connectivity index (χ0) is 10.7. The van der Waals surface area contributed by atoms with E-state index in [9.17, 15) is 4.21 Å². The fraction of sp³-hybridized carbons (Fsp3) is 0.455. The average Bonchev–Trinajstić information content (AvgIpc) is 2.74. The van der Waals surface area contributed by atoms with Crippen LogP contribution >= 0.6 is 22.6 Å². The fourth-order valence-electron chi connectivity index (χ4n) is 1.82. The summed E-state index contributed by atoms with van der Waals surface area (Å²) in [6.07, 6.45) is 4.66. The van der Waals surface area contributed by atoms with Gasteiger partial charge in [0.05, 0.1) is 5.25 Å². The molecule has 2 nitrogen and oxygen atoms in total. The van der Waals surface area contributed by atoms with E-state index in [4.69, 9.17) is 0 Å². The molecule has 0 heterocycles. The first-order chi connectivity index (χ1) is 7.25. The predicted octanol–water partition coefficient (Wildman–Crippen LogP) is 3.31. The summed E-state index contributed by atoms with van der Waals surface area (Å²) >= 11 is 2.26. The van der Waals surface area contributed by atoms with Gasteiger partial charge in [-0.15, -0.1) is 0 Å². The third-order valence-electron chi connectivity index (χ3n) is 2.67. The number of rotatable bonds is 3. The predicted molar refractivity (Wildman–Crippen MR) is 73.2 cm³/mol. The molecule has 0 aromatic heterocycles. The lowest BCUT2D eigenvalue weighted by Crippen LogP contribution is -2.17. The first-order valence-corrected chi connectivity index (χ1v) is 7.48. The van der Waals surface area contributed by atoms with Gasteiger partial charge in [0.2, 0.25) is 0 Å². The normalized spacial score (nSPS) is 19.0. The van der Waals surface area contributed by atoms with Crippen molar-refractivity contribution < 1.29 is 4.21 Å². The van der Waals surface area contributed by atoms with E-state index in [2.05, 4.69) is 27.3 Å². The highest BCUT2D eigenvalue weighted by molar-refractivity contribution is 14.1. The van der Waals surface area contributed by atoms with Crippen molar-refractivity contribution in [2.24, 2.45) is 0 Å². The van der Waals surface area contributed by atoms with Gasteiger partial charge in [-0.3, -0.25) is 0 Å². The second-order valence-electron chi connectivity index (χ2n) is 3.81. The lowest BCUT2D eigenvalue weighted by Gasteiger charge is -2.11. The quantitative estimate of drug-likeness (QED) is 0.844. The van der Waals surface area contributed by atoms with Gasteiger partial charge in [-0.25, -0.2) is 4.21 Å². The molecule has 0 bridgehead atoms. The molecule has 1 N–H and O–H groups in total. The molecule has 0 aliphatic heterocycles. The van der Waals surface area contributed by atoms with Gasteiger partial charge in [0.25, 0.3) is 0 Å². The third kappa shape index (κ3) is 3.17. The van der Waals surface area contributed by atoms with Crippen molar-refractivity contribution in [3.8, 4) is 0 Å². The maximum atomic E-state index is 11.9. The zero-order valence-electron chi connectivity index (χ0n) is 8.41. The molecule has 1 saturated carbocycles. The molecule has 1 unspecified atom stereocenters. The summed E-state index contributed by atoms with van der Waals surface area (Å²) in [6.45, 7) is 0. The molecule has 82 valence electrons. The summed E-state index contributed by atoms with van der Waals surface area (Å²) in [5, 5.41) is 0.351. The van der Waals surface area contributed by atoms with Crippen LogP contribution in [0.3, 0.4) is 0 Å². The number of hydrogen-bond donors (Lipinski definition) is 1. The summed E-state index contributed by atoms with van der Waals surface area (Å²) in [4.78, 5) is 0. The van der Waals surface area contributed by atoms with Gasteiger partial charge >= 0.3 is 0 Å². The Kier molecular flexibility index (Phi) is 4.02.